The summed E-state index contributed by atoms with van der Waals surface area (Å²) in [7, 11) is 0. The zero-order chi connectivity index (χ0) is 18.2. The number of hydrogen-bond donors (Lipinski definition) is 0. The van der Waals surface area contributed by atoms with Crippen molar-refractivity contribution >= 4 is 21.8 Å². The molecule has 0 N–H and O–H groups in total. The summed E-state index contributed by atoms with van der Waals surface area (Å²) in [5.41, 5.74) is 2.47. The highest BCUT2D eigenvalue weighted by Gasteiger charge is 2.30. The van der Waals surface area contributed by atoms with Crippen LogP contribution in [0.5, 0.6) is 0 Å². The lowest BCUT2D eigenvalue weighted by Crippen LogP contribution is -2.39. The number of carbonyl (C=O) groups is 1. The number of carbonyl (C=O) groups excluding carboxylic acids is 1. The molecule has 3 rings (SSSR count). The van der Waals surface area contributed by atoms with E-state index in [0.717, 1.165) is 17.4 Å². The van der Waals surface area contributed by atoms with Gasteiger partial charge in [0.15, 0.2) is 0 Å². The first-order chi connectivity index (χ1) is 12.1. The van der Waals surface area contributed by atoms with Crippen LogP contribution in [-0.4, -0.2) is 17.4 Å². The van der Waals surface area contributed by atoms with E-state index in [1.54, 1.807) is 6.08 Å². The second-order valence-corrected chi connectivity index (χ2v) is 7.24. The van der Waals surface area contributed by atoms with Crippen molar-refractivity contribution in [1.29, 1.82) is 0 Å². The van der Waals surface area contributed by atoms with E-state index in [1.165, 1.54) is 11.1 Å². The van der Waals surface area contributed by atoms with Crippen molar-refractivity contribution in [2.45, 2.75) is 38.6 Å². The molecule has 132 valence electrons. The molecule has 1 aliphatic heterocycles. The van der Waals surface area contributed by atoms with E-state index < -0.39 is 0 Å². The van der Waals surface area contributed by atoms with Crippen LogP contribution < -0.4 is 0 Å². The predicted molar refractivity (Wildman–Crippen MR) is 109 cm³/mol. The van der Waals surface area contributed by atoms with Gasteiger partial charge in [0, 0.05) is 17.4 Å². The third kappa shape index (κ3) is 5.30. The van der Waals surface area contributed by atoms with E-state index in [0.29, 0.717) is 12.3 Å². The summed E-state index contributed by atoms with van der Waals surface area (Å²) in [6.07, 6.45) is 3.40. The molecule has 1 aliphatic rings. The van der Waals surface area contributed by atoms with E-state index in [-0.39, 0.29) is 11.9 Å². The zero-order valence-electron chi connectivity index (χ0n) is 15.0. The van der Waals surface area contributed by atoms with Crippen LogP contribution in [0.4, 0.5) is 0 Å². The summed E-state index contributed by atoms with van der Waals surface area (Å²) in [6.45, 7) is 8.19. The van der Waals surface area contributed by atoms with Gasteiger partial charge < -0.3 is 4.90 Å². The highest BCUT2D eigenvalue weighted by molar-refractivity contribution is 9.10. The predicted octanol–water partition coefficient (Wildman–Crippen LogP) is 6.11. The Hall–Kier alpha value is -1.87. The second kappa shape index (κ2) is 9.57. The number of amides is 1. The van der Waals surface area contributed by atoms with Crippen LogP contribution in [0.15, 0.2) is 71.7 Å². The summed E-state index contributed by atoms with van der Waals surface area (Å²) in [5, 5.41) is 0. The maximum Gasteiger partial charge on any atom is 0.223 e. The quantitative estimate of drug-likeness (QED) is 0.570. The van der Waals surface area contributed by atoms with Crippen LogP contribution in [0.3, 0.4) is 0 Å². The average molecular weight is 400 g/mol. The van der Waals surface area contributed by atoms with E-state index in [2.05, 4.69) is 65.8 Å². The van der Waals surface area contributed by atoms with Gasteiger partial charge in [-0.25, -0.2) is 0 Å². The lowest BCUT2D eigenvalue weighted by molar-refractivity contribution is -0.136. The first kappa shape index (κ1) is 19.5. The fourth-order valence-electron chi connectivity index (χ4n) is 3.19. The summed E-state index contributed by atoms with van der Waals surface area (Å²) in [5.74, 6) is 0.623. The molecule has 0 spiro atoms. The van der Waals surface area contributed by atoms with E-state index in [4.69, 9.17) is 0 Å². The van der Waals surface area contributed by atoms with Crippen LogP contribution in [-0.2, 0) is 4.79 Å². The molecule has 0 bridgehead atoms. The normalized spacial score (nSPS) is 18.1. The molecular formula is C22H26BrNO. The first-order valence-corrected chi connectivity index (χ1v) is 9.53. The number of piperidine rings is 1. The van der Waals surface area contributed by atoms with Gasteiger partial charge in [-0.05, 0) is 49.4 Å². The van der Waals surface area contributed by atoms with Crippen LogP contribution in [0.25, 0.3) is 0 Å². The number of halogens is 1. The maximum absolute atomic E-state index is 12.6. The second-order valence-electron chi connectivity index (χ2n) is 6.32. The van der Waals surface area contributed by atoms with Gasteiger partial charge in [-0.2, -0.15) is 0 Å². The molecule has 0 aliphatic carbocycles. The number of hydrogen-bond acceptors (Lipinski definition) is 1. The van der Waals surface area contributed by atoms with Gasteiger partial charge in [-0.15, -0.1) is 6.58 Å². The number of likely N-dealkylation sites (tertiary alicyclic amines) is 1. The van der Waals surface area contributed by atoms with Gasteiger partial charge >= 0.3 is 0 Å². The molecule has 2 unspecified atom stereocenters. The minimum absolute atomic E-state index is 0.136. The summed E-state index contributed by atoms with van der Waals surface area (Å²) >= 11 is 3.46. The van der Waals surface area contributed by atoms with E-state index in [9.17, 15) is 4.79 Å². The Bertz CT molecular complexity index is 681. The molecule has 2 aromatic rings. The summed E-state index contributed by atoms with van der Waals surface area (Å²) in [4.78, 5) is 14.6. The van der Waals surface area contributed by atoms with Gasteiger partial charge in [-0.1, -0.05) is 64.5 Å². The van der Waals surface area contributed by atoms with Crippen molar-refractivity contribution in [3.8, 4) is 0 Å². The van der Waals surface area contributed by atoms with Crippen molar-refractivity contribution < 1.29 is 4.79 Å². The molecule has 1 saturated heterocycles. The topological polar surface area (TPSA) is 20.3 Å². The molecule has 25 heavy (non-hydrogen) atoms. The van der Waals surface area contributed by atoms with Crippen molar-refractivity contribution in [3.05, 3.63) is 82.9 Å². The van der Waals surface area contributed by atoms with Crippen LogP contribution in [0.2, 0.25) is 0 Å². The molecule has 1 amide bonds. The first-order valence-electron chi connectivity index (χ1n) is 8.73. The molecule has 2 aromatic carbocycles. The fraction of sp³-hybridized carbons (Fsp3) is 0.318. The molecule has 2 nitrogen and oxygen atoms in total. The zero-order valence-corrected chi connectivity index (χ0v) is 16.6. The Morgan fingerprint density at radius 3 is 2.32 bits per heavy atom. The number of nitrogens with zero attached hydrogens (tertiary/aromatic N) is 1. The minimum Gasteiger partial charge on any atom is -0.336 e. The molecule has 3 heteroatoms. The average Bonchev–Trinajstić information content (AvgIpc) is 2.63. The van der Waals surface area contributed by atoms with Gasteiger partial charge in [0.25, 0.3) is 0 Å². The van der Waals surface area contributed by atoms with Crippen LogP contribution in [0.1, 0.15) is 49.8 Å². The molecule has 2 atom stereocenters. The standard InChI is InChI=1S/C19H20BrNO.C3H6/c1-14(15-7-9-18(20)10-8-15)21-12-11-17(13-19(21)22)16-5-3-2-4-6-16;1-3-2/h2-10,14,17H,11-13H2,1H3;3H,1H2,2H3. The third-order valence-electron chi connectivity index (χ3n) is 4.55. The minimum atomic E-state index is 0.136. The Morgan fingerprint density at radius 1 is 1.16 bits per heavy atom. The number of allylic oxidation sites excluding steroid dienone is 1. The van der Waals surface area contributed by atoms with E-state index >= 15 is 0 Å². The van der Waals surface area contributed by atoms with Crippen molar-refractivity contribution in [2.24, 2.45) is 0 Å². The fourth-order valence-corrected chi connectivity index (χ4v) is 3.45. The molecule has 1 heterocycles. The monoisotopic (exact) mass is 399 g/mol. The summed E-state index contributed by atoms with van der Waals surface area (Å²) < 4.78 is 1.07. The SMILES string of the molecule is C=CC.CC(c1ccc(Br)cc1)N1CCC(c2ccccc2)CC1=O. The van der Waals surface area contributed by atoms with Crippen LogP contribution >= 0.6 is 15.9 Å². The highest BCUT2D eigenvalue weighted by Crippen LogP contribution is 2.33. The van der Waals surface area contributed by atoms with Gasteiger partial charge in [-0.3, -0.25) is 4.79 Å². The Kier molecular flexibility index (Phi) is 7.45. The molecular weight excluding hydrogens is 374 g/mol. The summed E-state index contributed by atoms with van der Waals surface area (Å²) in [6, 6.07) is 18.8. The molecule has 0 radical (unpaired) electrons. The van der Waals surface area contributed by atoms with Crippen molar-refractivity contribution in [3.63, 3.8) is 0 Å². The molecule has 0 saturated carbocycles. The van der Waals surface area contributed by atoms with Gasteiger partial charge in [0.2, 0.25) is 5.91 Å². The lowest BCUT2D eigenvalue weighted by atomic mass is 9.88. The van der Waals surface area contributed by atoms with Gasteiger partial charge in [0.1, 0.15) is 0 Å². The maximum atomic E-state index is 12.6. The van der Waals surface area contributed by atoms with Crippen molar-refractivity contribution in [1.82, 2.24) is 4.90 Å². The Labute approximate surface area is 159 Å². The highest BCUT2D eigenvalue weighted by atomic mass is 79.9. The third-order valence-corrected chi connectivity index (χ3v) is 5.08. The smallest absolute Gasteiger partial charge is 0.223 e. The Balaban J connectivity index is 0.000000701. The molecule has 1 fully saturated rings. The van der Waals surface area contributed by atoms with Crippen LogP contribution in [0, 0.1) is 0 Å². The van der Waals surface area contributed by atoms with Crippen molar-refractivity contribution in [2.75, 3.05) is 6.54 Å². The lowest BCUT2D eigenvalue weighted by Gasteiger charge is -2.36. The number of benzene rings is 2. The van der Waals surface area contributed by atoms with E-state index in [1.807, 2.05) is 30.0 Å². The Morgan fingerprint density at radius 2 is 1.76 bits per heavy atom. The largest absolute Gasteiger partial charge is 0.336 e. The van der Waals surface area contributed by atoms with Gasteiger partial charge in [0.05, 0.1) is 6.04 Å². The molecule has 0 aromatic heterocycles. The number of rotatable bonds is 3.